The van der Waals surface area contributed by atoms with Crippen LogP contribution >= 0.6 is 0 Å². The topological polar surface area (TPSA) is 97.4 Å². The van der Waals surface area contributed by atoms with E-state index in [1.165, 1.54) is 6.08 Å². The zero-order valence-corrected chi connectivity index (χ0v) is 18.9. The van der Waals surface area contributed by atoms with Gasteiger partial charge in [-0.15, -0.1) is 0 Å². The number of carbonyl (C=O) groups excluding carboxylic acids is 4. The van der Waals surface area contributed by atoms with Gasteiger partial charge < -0.3 is 5.32 Å². The molecule has 164 valence electrons. The Morgan fingerprint density at radius 3 is 2.59 bits per heavy atom. The highest BCUT2D eigenvalue weighted by atomic mass is 32.2. The molecule has 1 N–H and O–H groups in total. The maximum absolute atomic E-state index is 12.9. The molecule has 0 aromatic rings. The number of hydrogen-bond donors (Lipinski definition) is 1. The first-order valence-corrected chi connectivity index (χ1v) is 12.0. The molecule has 0 fully saturated rings. The number of amides is 1. The lowest BCUT2D eigenvalue weighted by Crippen LogP contribution is -2.48. The van der Waals surface area contributed by atoms with E-state index in [1.54, 1.807) is 6.08 Å². The summed E-state index contributed by atoms with van der Waals surface area (Å²) in [6.07, 6.45) is 5.51. The van der Waals surface area contributed by atoms with Crippen molar-refractivity contribution in [3.05, 3.63) is 12.2 Å². The average Bonchev–Trinajstić information content (AvgIpc) is 2.63. The standard InChI is InChI=1S/C22H35NO5S/c1-5-7-18(25)13-19(15(2)3)22(27)23-20-14-29(28)11-6-8-17(24)10-9-16(4)12-21(20)26/h9-10,15-16,19-20H,5-8,11-14H2,1-4H3,(H,23,27)/b10-9+/t16-,19-,20-,29?/m0/s1. The fourth-order valence-electron chi connectivity index (χ4n) is 3.31. The predicted octanol–water partition coefficient (Wildman–Crippen LogP) is 2.77. The molecule has 1 unspecified atom stereocenters. The highest BCUT2D eigenvalue weighted by Gasteiger charge is 2.30. The molecular weight excluding hydrogens is 390 g/mol. The van der Waals surface area contributed by atoms with E-state index in [2.05, 4.69) is 5.32 Å². The molecule has 0 bridgehead atoms. The lowest BCUT2D eigenvalue weighted by atomic mass is 9.88. The van der Waals surface area contributed by atoms with Crippen molar-refractivity contribution in [3.63, 3.8) is 0 Å². The van der Waals surface area contributed by atoms with E-state index in [9.17, 15) is 23.4 Å². The van der Waals surface area contributed by atoms with Crippen LogP contribution in [-0.4, -0.2) is 45.0 Å². The van der Waals surface area contributed by atoms with Gasteiger partial charge in [-0.25, -0.2) is 0 Å². The van der Waals surface area contributed by atoms with E-state index in [4.69, 9.17) is 0 Å². The number of hydrogen-bond acceptors (Lipinski definition) is 5. The summed E-state index contributed by atoms with van der Waals surface area (Å²) in [7, 11) is -1.31. The molecule has 0 aromatic carbocycles. The van der Waals surface area contributed by atoms with Crippen LogP contribution in [-0.2, 0) is 30.0 Å². The molecular formula is C22H35NO5S. The van der Waals surface area contributed by atoms with Crippen molar-refractivity contribution in [3.8, 4) is 0 Å². The molecule has 4 atom stereocenters. The Kier molecular flexibility index (Phi) is 11.2. The van der Waals surface area contributed by atoms with E-state index < -0.39 is 22.8 Å². The molecule has 0 saturated heterocycles. The maximum Gasteiger partial charge on any atom is 0.224 e. The minimum atomic E-state index is -1.31. The maximum atomic E-state index is 12.9. The highest BCUT2D eigenvalue weighted by molar-refractivity contribution is 7.85. The van der Waals surface area contributed by atoms with E-state index in [1.807, 2.05) is 27.7 Å². The van der Waals surface area contributed by atoms with Crippen molar-refractivity contribution in [2.75, 3.05) is 11.5 Å². The van der Waals surface area contributed by atoms with Crippen LogP contribution < -0.4 is 5.32 Å². The molecule has 1 aliphatic rings. The van der Waals surface area contributed by atoms with Gasteiger partial charge in [0, 0.05) is 48.2 Å². The van der Waals surface area contributed by atoms with Gasteiger partial charge in [-0.05, 0) is 30.8 Å². The van der Waals surface area contributed by atoms with E-state index in [-0.39, 0.29) is 53.7 Å². The Morgan fingerprint density at radius 2 is 1.97 bits per heavy atom. The number of carbonyl (C=O) groups is 4. The third-order valence-corrected chi connectivity index (χ3v) is 6.55. The van der Waals surface area contributed by atoms with Gasteiger partial charge >= 0.3 is 0 Å². The van der Waals surface area contributed by atoms with Crippen molar-refractivity contribution in [2.24, 2.45) is 17.8 Å². The largest absolute Gasteiger partial charge is 0.345 e. The second-order valence-corrected chi connectivity index (χ2v) is 9.91. The van der Waals surface area contributed by atoms with Crippen molar-refractivity contribution in [1.82, 2.24) is 5.32 Å². The van der Waals surface area contributed by atoms with Gasteiger partial charge in [0.1, 0.15) is 5.78 Å². The minimum absolute atomic E-state index is 0.0248. The van der Waals surface area contributed by atoms with Gasteiger partial charge in [-0.1, -0.05) is 33.8 Å². The van der Waals surface area contributed by atoms with Gasteiger partial charge in [0.15, 0.2) is 11.6 Å². The fraction of sp³-hybridized carbons (Fsp3) is 0.727. The fourth-order valence-corrected chi connectivity index (χ4v) is 4.58. The Hall–Kier alpha value is -1.63. The molecule has 1 heterocycles. The number of ketones is 3. The molecule has 1 amide bonds. The minimum Gasteiger partial charge on any atom is -0.345 e. The normalized spacial score (nSPS) is 26.3. The van der Waals surface area contributed by atoms with Crippen LogP contribution in [0.1, 0.15) is 66.2 Å². The molecule has 1 rings (SSSR count). The molecule has 0 aromatic heterocycles. The van der Waals surface area contributed by atoms with E-state index >= 15 is 0 Å². The summed E-state index contributed by atoms with van der Waals surface area (Å²) in [5, 5.41) is 2.78. The smallest absolute Gasteiger partial charge is 0.224 e. The first-order chi connectivity index (χ1) is 13.6. The molecule has 0 aliphatic carbocycles. The van der Waals surface area contributed by atoms with Crippen LogP contribution in [0.5, 0.6) is 0 Å². The summed E-state index contributed by atoms with van der Waals surface area (Å²) in [5.41, 5.74) is 0. The van der Waals surface area contributed by atoms with Crippen molar-refractivity contribution in [2.45, 2.75) is 72.3 Å². The van der Waals surface area contributed by atoms with Gasteiger partial charge in [-0.2, -0.15) is 0 Å². The van der Waals surface area contributed by atoms with Crippen LogP contribution in [0.25, 0.3) is 0 Å². The lowest BCUT2D eigenvalue weighted by molar-refractivity contribution is -0.133. The summed E-state index contributed by atoms with van der Waals surface area (Å²) in [4.78, 5) is 49.5. The van der Waals surface area contributed by atoms with Crippen LogP contribution in [0.3, 0.4) is 0 Å². The second kappa shape index (κ2) is 12.8. The molecule has 6 nitrogen and oxygen atoms in total. The second-order valence-electron chi connectivity index (χ2n) is 8.29. The van der Waals surface area contributed by atoms with E-state index in [0.29, 0.717) is 25.0 Å². The van der Waals surface area contributed by atoms with Gasteiger partial charge in [0.2, 0.25) is 5.91 Å². The van der Waals surface area contributed by atoms with Crippen LogP contribution in [0, 0.1) is 17.8 Å². The summed E-state index contributed by atoms with van der Waals surface area (Å²) < 4.78 is 12.4. The van der Waals surface area contributed by atoms with Crippen LogP contribution in [0.15, 0.2) is 12.2 Å². The Bertz CT molecular complexity index is 656. The van der Waals surface area contributed by atoms with Crippen molar-refractivity contribution < 1.29 is 23.4 Å². The molecule has 29 heavy (non-hydrogen) atoms. The SMILES string of the molecule is CCCC(=O)C[C@H](C(=O)N[C@H]1CS(=O)CCCC(=O)/C=C/[C@H](C)CC1=O)C(C)C. The number of nitrogens with one attached hydrogen (secondary N) is 1. The van der Waals surface area contributed by atoms with Gasteiger partial charge in [0.25, 0.3) is 0 Å². The van der Waals surface area contributed by atoms with Crippen LogP contribution in [0.4, 0.5) is 0 Å². The predicted molar refractivity (Wildman–Crippen MR) is 115 cm³/mol. The monoisotopic (exact) mass is 425 g/mol. The average molecular weight is 426 g/mol. The molecule has 7 heteroatoms. The van der Waals surface area contributed by atoms with Crippen molar-refractivity contribution in [1.29, 1.82) is 0 Å². The number of rotatable bonds is 7. The van der Waals surface area contributed by atoms with E-state index in [0.717, 1.165) is 6.42 Å². The summed E-state index contributed by atoms with van der Waals surface area (Å²) in [5.74, 6) is -0.848. The number of Topliss-reactive ketones (excluding diaryl/α,β-unsaturated/α-hetero) is 2. The van der Waals surface area contributed by atoms with Crippen LogP contribution in [0.2, 0.25) is 0 Å². The summed E-state index contributed by atoms with van der Waals surface area (Å²) in [6.45, 7) is 7.52. The zero-order valence-electron chi connectivity index (χ0n) is 18.1. The first kappa shape index (κ1) is 25.4. The Morgan fingerprint density at radius 1 is 1.28 bits per heavy atom. The molecule has 0 saturated carbocycles. The third-order valence-electron chi connectivity index (χ3n) is 5.10. The Labute approximate surface area is 176 Å². The Balaban J connectivity index is 2.94. The molecule has 1 aliphatic heterocycles. The summed E-state index contributed by atoms with van der Waals surface area (Å²) >= 11 is 0. The van der Waals surface area contributed by atoms with Gasteiger partial charge in [0.05, 0.1) is 11.8 Å². The number of allylic oxidation sites excluding steroid dienone is 2. The highest BCUT2D eigenvalue weighted by Crippen LogP contribution is 2.18. The van der Waals surface area contributed by atoms with Crippen molar-refractivity contribution >= 4 is 34.1 Å². The molecule has 0 radical (unpaired) electrons. The van der Waals surface area contributed by atoms with Gasteiger partial charge in [-0.3, -0.25) is 23.4 Å². The lowest BCUT2D eigenvalue weighted by Gasteiger charge is -2.24. The summed E-state index contributed by atoms with van der Waals surface area (Å²) in [6, 6.07) is -0.836. The molecule has 0 spiro atoms. The zero-order chi connectivity index (χ0) is 22.0. The third kappa shape index (κ3) is 9.61. The quantitative estimate of drug-likeness (QED) is 0.676. The first-order valence-electron chi connectivity index (χ1n) is 10.5.